The summed E-state index contributed by atoms with van der Waals surface area (Å²) in [6.45, 7) is 13.2. The third-order valence-electron chi connectivity index (χ3n) is 7.84. The van der Waals surface area contributed by atoms with Crippen LogP contribution in [0.3, 0.4) is 0 Å². The highest BCUT2D eigenvalue weighted by atomic mass is 32.2. The van der Waals surface area contributed by atoms with E-state index in [1.54, 1.807) is 28.8 Å². The molecule has 1 amide bonds. The van der Waals surface area contributed by atoms with E-state index in [0.717, 1.165) is 23.3 Å². The minimum atomic E-state index is -2.05. The maximum Gasteiger partial charge on any atom is 0.269 e. The zero-order valence-electron chi connectivity index (χ0n) is 23.3. The average Bonchev–Trinajstić information content (AvgIpc) is 3.20. The second kappa shape index (κ2) is 11.5. The second-order valence-corrected chi connectivity index (χ2v) is 17.9. The first kappa shape index (κ1) is 29.4. The van der Waals surface area contributed by atoms with Crippen LogP contribution in [0.1, 0.15) is 45.2 Å². The molecule has 10 heteroatoms. The first-order chi connectivity index (χ1) is 18.3. The molecule has 4 rings (SSSR count). The summed E-state index contributed by atoms with van der Waals surface area (Å²) in [7, 11) is -2.05. The Morgan fingerprint density at radius 2 is 1.74 bits per heavy atom. The van der Waals surface area contributed by atoms with Gasteiger partial charge in [-0.3, -0.25) is 19.8 Å². The number of β-lactam (4-membered cyclic amide) rings is 1. The van der Waals surface area contributed by atoms with Gasteiger partial charge in [-0.2, -0.15) is 0 Å². The van der Waals surface area contributed by atoms with Crippen molar-refractivity contribution in [3.8, 4) is 0 Å². The number of thioether (sulfide) groups is 1. The van der Waals surface area contributed by atoms with E-state index in [2.05, 4.69) is 46.0 Å². The molecule has 0 unspecified atom stereocenters. The number of nitro groups is 1. The van der Waals surface area contributed by atoms with Crippen LogP contribution in [0.2, 0.25) is 18.1 Å². The predicted molar refractivity (Wildman–Crippen MR) is 162 cm³/mol. The normalized spacial score (nSPS) is 19.9. The first-order valence-electron chi connectivity index (χ1n) is 13.2. The van der Waals surface area contributed by atoms with Gasteiger partial charge in [0.25, 0.3) is 5.69 Å². The van der Waals surface area contributed by atoms with Crippen LogP contribution < -0.4 is 0 Å². The molecule has 208 valence electrons. The van der Waals surface area contributed by atoms with Crippen LogP contribution >= 0.6 is 24.0 Å². The summed E-state index contributed by atoms with van der Waals surface area (Å²) in [6, 6.07) is 16.4. The highest BCUT2D eigenvalue weighted by Gasteiger charge is 2.58. The van der Waals surface area contributed by atoms with Crippen LogP contribution in [0.15, 0.2) is 65.2 Å². The van der Waals surface area contributed by atoms with Crippen molar-refractivity contribution in [3.05, 3.63) is 86.4 Å². The maximum absolute atomic E-state index is 13.6. The van der Waals surface area contributed by atoms with Crippen LogP contribution in [0, 0.1) is 16.0 Å². The Hall–Kier alpha value is -2.53. The molecule has 1 fully saturated rings. The number of allylic oxidation sites excluding steroid dienone is 1. The summed E-state index contributed by atoms with van der Waals surface area (Å²) in [6.07, 6.45) is 1.37. The van der Waals surface area contributed by atoms with Gasteiger partial charge in [0.05, 0.1) is 16.9 Å². The van der Waals surface area contributed by atoms with Gasteiger partial charge in [0, 0.05) is 17.0 Å². The van der Waals surface area contributed by atoms with Crippen LogP contribution in [-0.2, 0) is 27.0 Å². The van der Waals surface area contributed by atoms with Crippen molar-refractivity contribution in [3.63, 3.8) is 0 Å². The van der Waals surface area contributed by atoms with E-state index < -0.39 is 13.2 Å². The molecule has 0 radical (unpaired) electrons. The fraction of sp³-hybridized carbons (Fsp3) is 0.448. The van der Waals surface area contributed by atoms with Gasteiger partial charge in [0.1, 0.15) is 17.7 Å². The number of nitro benzene ring substituents is 1. The fourth-order valence-electron chi connectivity index (χ4n) is 4.56. The number of hydrogen-bond donors (Lipinski definition) is 0. The van der Waals surface area contributed by atoms with Crippen molar-refractivity contribution in [1.29, 1.82) is 0 Å². The van der Waals surface area contributed by atoms with Crippen molar-refractivity contribution in [2.75, 3.05) is 0 Å². The lowest BCUT2D eigenvalue weighted by Crippen LogP contribution is -2.62. The van der Waals surface area contributed by atoms with Crippen LogP contribution in [0.25, 0.3) is 0 Å². The van der Waals surface area contributed by atoms with Crippen molar-refractivity contribution >= 4 is 48.9 Å². The van der Waals surface area contributed by atoms with Crippen molar-refractivity contribution < 1.29 is 18.9 Å². The van der Waals surface area contributed by atoms with Gasteiger partial charge in [-0.1, -0.05) is 51.1 Å². The van der Waals surface area contributed by atoms with Crippen LogP contribution in [0.5, 0.6) is 0 Å². The Bertz CT molecular complexity index is 1270. The number of amides is 1. The molecule has 0 N–H and O–H groups in total. The second-order valence-electron chi connectivity index (χ2n) is 11.6. The zero-order valence-corrected chi connectivity index (χ0v) is 25.9. The lowest BCUT2D eigenvalue weighted by Gasteiger charge is -2.48. The summed E-state index contributed by atoms with van der Waals surface area (Å²) in [5.74, 6) is -0.226. The molecule has 2 aromatic rings. The molecule has 0 aliphatic carbocycles. The molecular weight excluding hydrogens is 549 g/mol. The summed E-state index contributed by atoms with van der Waals surface area (Å²) < 4.78 is 12.6. The SMILES string of the molecule is C[C@H](O[Si](C)(C)C(C)(C)C)[C@@H]1C(=O)N2C(C(=S)OCc3ccc([N+](=O)[O-])cc3)=C(CCc3ccccc3)S[C@H]12. The molecule has 7 nitrogen and oxygen atoms in total. The number of aryl methyl sites for hydroxylation is 1. The standard InChI is InChI=1S/C29H36N2O5S2Si/c1-19(36-39(5,6)29(2,3)4)24-26(32)30-25(23(38-27(24)30)17-14-20-10-8-7-9-11-20)28(37)35-18-21-12-15-22(16-13-21)31(33)34/h7-13,15-16,19,24,27H,14,17-18H2,1-6H3/t19-,24+,27+/m0/s1. The fourth-order valence-corrected chi connectivity index (χ4v) is 7.94. The van der Waals surface area contributed by atoms with Gasteiger partial charge in [0.2, 0.25) is 11.0 Å². The summed E-state index contributed by atoms with van der Waals surface area (Å²) in [5.41, 5.74) is 2.68. The third-order valence-corrected chi connectivity index (χ3v) is 14.2. The van der Waals surface area contributed by atoms with E-state index in [-0.39, 0.29) is 45.7 Å². The number of carbonyl (C=O) groups is 1. The third kappa shape index (κ3) is 6.29. The van der Waals surface area contributed by atoms with E-state index >= 15 is 0 Å². The first-order valence-corrected chi connectivity index (χ1v) is 17.3. The minimum Gasteiger partial charge on any atom is -0.477 e. The summed E-state index contributed by atoms with van der Waals surface area (Å²) >= 11 is 7.42. The molecule has 0 spiro atoms. The Balaban J connectivity index is 1.51. The van der Waals surface area contributed by atoms with Gasteiger partial charge in [0.15, 0.2) is 8.32 Å². The predicted octanol–water partition coefficient (Wildman–Crippen LogP) is 7.22. The molecule has 2 heterocycles. The smallest absolute Gasteiger partial charge is 0.269 e. The highest BCUT2D eigenvalue weighted by molar-refractivity contribution is 8.04. The van der Waals surface area contributed by atoms with E-state index in [4.69, 9.17) is 21.4 Å². The van der Waals surface area contributed by atoms with E-state index in [1.165, 1.54) is 17.7 Å². The molecule has 1 saturated heterocycles. The van der Waals surface area contributed by atoms with Crippen molar-refractivity contribution in [1.82, 2.24) is 4.90 Å². The van der Waals surface area contributed by atoms with Crippen LogP contribution in [0.4, 0.5) is 5.69 Å². The molecule has 0 saturated carbocycles. The number of benzene rings is 2. The van der Waals surface area contributed by atoms with Gasteiger partial charge in [-0.05, 0) is 73.4 Å². The van der Waals surface area contributed by atoms with Gasteiger partial charge >= 0.3 is 0 Å². The lowest BCUT2D eigenvalue weighted by molar-refractivity contribution is -0.384. The molecule has 0 bridgehead atoms. The Morgan fingerprint density at radius 1 is 1.10 bits per heavy atom. The molecule has 3 atom stereocenters. The molecule has 39 heavy (non-hydrogen) atoms. The lowest BCUT2D eigenvalue weighted by atomic mass is 9.92. The number of non-ortho nitro benzene ring substituents is 1. The Kier molecular flexibility index (Phi) is 8.70. The highest BCUT2D eigenvalue weighted by Crippen LogP contribution is 2.53. The number of thiocarbonyl (C=S) groups is 1. The van der Waals surface area contributed by atoms with E-state index in [1.807, 2.05) is 25.1 Å². The average molecular weight is 585 g/mol. The van der Waals surface area contributed by atoms with E-state index in [9.17, 15) is 14.9 Å². The number of fused-ring (bicyclic) bond motifs is 1. The Labute approximate surface area is 241 Å². The number of ether oxygens (including phenoxy) is 1. The van der Waals surface area contributed by atoms with Gasteiger partial charge < -0.3 is 9.16 Å². The molecule has 2 aliphatic rings. The largest absolute Gasteiger partial charge is 0.477 e. The minimum absolute atomic E-state index is 0.0182. The number of hydrogen-bond acceptors (Lipinski definition) is 7. The topological polar surface area (TPSA) is 81.9 Å². The molecule has 2 aliphatic heterocycles. The Morgan fingerprint density at radius 3 is 2.33 bits per heavy atom. The molecular formula is C29H36N2O5S2Si. The quantitative estimate of drug-likeness (QED) is 0.0958. The monoisotopic (exact) mass is 584 g/mol. The van der Waals surface area contributed by atoms with Crippen LogP contribution in [-0.4, -0.2) is 40.6 Å². The molecule has 2 aromatic carbocycles. The summed E-state index contributed by atoms with van der Waals surface area (Å²) in [5, 5.41) is 11.2. The van der Waals surface area contributed by atoms with E-state index in [0.29, 0.717) is 5.70 Å². The number of rotatable bonds is 10. The van der Waals surface area contributed by atoms with Crippen molar-refractivity contribution in [2.24, 2.45) is 5.92 Å². The number of nitrogens with zero attached hydrogens (tertiary/aromatic N) is 2. The van der Waals surface area contributed by atoms with Crippen molar-refractivity contribution in [2.45, 2.75) is 76.8 Å². The maximum atomic E-state index is 13.6. The van der Waals surface area contributed by atoms with Gasteiger partial charge in [-0.15, -0.1) is 11.8 Å². The summed E-state index contributed by atoms with van der Waals surface area (Å²) in [4.78, 5) is 26.9. The molecule has 0 aromatic heterocycles. The van der Waals surface area contributed by atoms with Gasteiger partial charge in [-0.25, -0.2) is 0 Å². The number of carbonyl (C=O) groups excluding carboxylic acids is 1. The zero-order chi connectivity index (χ0) is 28.5.